The lowest BCUT2D eigenvalue weighted by Crippen LogP contribution is -2.38. The molecular formula is C17H26N2O4S. The Morgan fingerprint density at radius 3 is 2.50 bits per heavy atom. The van der Waals surface area contributed by atoms with Crippen molar-refractivity contribution in [2.24, 2.45) is 5.92 Å². The molecule has 24 heavy (non-hydrogen) atoms. The normalized spacial score (nSPS) is 17.3. The first-order valence-electron chi connectivity index (χ1n) is 8.26. The SMILES string of the molecule is CCc1ccc(C(=O)O)cc1S(=O)(=O)N(C)CC1CCN(C)CC1. The molecule has 1 aromatic rings. The summed E-state index contributed by atoms with van der Waals surface area (Å²) >= 11 is 0. The van der Waals surface area contributed by atoms with Gasteiger partial charge in [0, 0.05) is 13.6 Å². The van der Waals surface area contributed by atoms with Gasteiger partial charge < -0.3 is 10.0 Å². The molecule has 1 heterocycles. The number of piperidine rings is 1. The number of likely N-dealkylation sites (tertiary alicyclic amines) is 1. The van der Waals surface area contributed by atoms with Crippen molar-refractivity contribution in [3.63, 3.8) is 0 Å². The van der Waals surface area contributed by atoms with Crippen LogP contribution in [0.3, 0.4) is 0 Å². The first kappa shape index (κ1) is 18.9. The van der Waals surface area contributed by atoms with E-state index in [-0.39, 0.29) is 10.5 Å². The maximum atomic E-state index is 12.9. The molecule has 0 amide bonds. The summed E-state index contributed by atoms with van der Waals surface area (Å²) in [5, 5.41) is 9.15. The van der Waals surface area contributed by atoms with Gasteiger partial charge in [0.2, 0.25) is 10.0 Å². The standard InChI is InChI=1S/C17H26N2O4S/c1-4-14-5-6-15(17(20)21)11-16(14)24(22,23)19(3)12-13-7-9-18(2)10-8-13/h5-6,11,13H,4,7-10,12H2,1-3H3,(H,20,21). The summed E-state index contributed by atoms with van der Waals surface area (Å²) in [4.78, 5) is 13.5. The summed E-state index contributed by atoms with van der Waals surface area (Å²) in [5.41, 5.74) is 0.647. The molecule has 7 heteroatoms. The molecule has 134 valence electrons. The van der Waals surface area contributed by atoms with Gasteiger partial charge in [-0.3, -0.25) is 0 Å². The molecule has 1 fully saturated rings. The minimum atomic E-state index is -3.69. The molecule has 1 aliphatic heterocycles. The van der Waals surface area contributed by atoms with Crippen molar-refractivity contribution in [1.82, 2.24) is 9.21 Å². The van der Waals surface area contributed by atoms with Gasteiger partial charge in [-0.25, -0.2) is 17.5 Å². The van der Waals surface area contributed by atoms with Crippen LogP contribution in [0.25, 0.3) is 0 Å². The van der Waals surface area contributed by atoms with Crippen molar-refractivity contribution in [1.29, 1.82) is 0 Å². The Labute approximate surface area is 144 Å². The number of aromatic carboxylic acids is 1. The summed E-state index contributed by atoms with van der Waals surface area (Å²) in [6.45, 7) is 4.29. The summed E-state index contributed by atoms with van der Waals surface area (Å²) in [6.07, 6.45) is 2.49. The minimum Gasteiger partial charge on any atom is -0.478 e. The van der Waals surface area contributed by atoms with Gasteiger partial charge in [-0.2, -0.15) is 0 Å². The highest BCUT2D eigenvalue weighted by molar-refractivity contribution is 7.89. The zero-order chi connectivity index (χ0) is 17.9. The zero-order valence-corrected chi connectivity index (χ0v) is 15.3. The van der Waals surface area contributed by atoms with Crippen LogP contribution < -0.4 is 0 Å². The summed E-state index contributed by atoms with van der Waals surface area (Å²) in [7, 11) is -0.0394. The summed E-state index contributed by atoms with van der Waals surface area (Å²) in [6, 6.07) is 4.33. The van der Waals surface area contributed by atoms with E-state index >= 15 is 0 Å². The van der Waals surface area contributed by atoms with E-state index in [2.05, 4.69) is 11.9 Å². The van der Waals surface area contributed by atoms with E-state index < -0.39 is 16.0 Å². The number of carboxylic acids is 1. The Kier molecular flexibility index (Phi) is 6.01. The van der Waals surface area contributed by atoms with E-state index in [1.165, 1.54) is 16.4 Å². The molecule has 0 aliphatic carbocycles. The molecule has 0 unspecified atom stereocenters. The van der Waals surface area contributed by atoms with Gasteiger partial charge in [-0.15, -0.1) is 0 Å². The van der Waals surface area contributed by atoms with E-state index in [1.54, 1.807) is 13.1 Å². The van der Waals surface area contributed by atoms with Gasteiger partial charge in [-0.05, 0) is 63.0 Å². The van der Waals surface area contributed by atoms with Gasteiger partial charge in [0.05, 0.1) is 10.5 Å². The highest BCUT2D eigenvalue weighted by Crippen LogP contribution is 2.25. The van der Waals surface area contributed by atoms with Crippen LogP contribution in [0.2, 0.25) is 0 Å². The van der Waals surface area contributed by atoms with E-state index in [4.69, 9.17) is 5.11 Å². The zero-order valence-electron chi connectivity index (χ0n) is 14.5. The smallest absolute Gasteiger partial charge is 0.335 e. The Balaban J connectivity index is 2.25. The molecule has 1 aromatic carbocycles. The van der Waals surface area contributed by atoms with Crippen LogP contribution in [0.5, 0.6) is 0 Å². The number of hydrogen-bond donors (Lipinski definition) is 1. The van der Waals surface area contributed by atoms with Crippen LogP contribution in [0.4, 0.5) is 0 Å². The van der Waals surface area contributed by atoms with E-state index in [0.717, 1.165) is 25.9 Å². The second kappa shape index (κ2) is 7.63. The van der Waals surface area contributed by atoms with E-state index in [9.17, 15) is 13.2 Å². The molecule has 6 nitrogen and oxygen atoms in total. The predicted octanol–water partition coefficient (Wildman–Crippen LogP) is 1.91. The highest BCUT2D eigenvalue weighted by Gasteiger charge is 2.28. The average Bonchev–Trinajstić information content (AvgIpc) is 2.56. The average molecular weight is 354 g/mol. The van der Waals surface area contributed by atoms with E-state index in [1.807, 2.05) is 6.92 Å². The molecule has 0 spiro atoms. The Hall–Kier alpha value is -1.44. The van der Waals surface area contributed by atoms with Crippen molar-refractivity contribution < 1.29 is 18.3 Å². The van der Waals surface area contributed by atoms with Gasteiger partial charge in [0.25, 0.3) is 0 Å². The largest absolute Gasteiger partial charge is 0.478 e. The lowest BCUT2D eigenvalue weighted by molar-refractivity contribution is 0.0696. The molecule has 0 saturated carbocycles. The fraction of sp³-hybridized carbons (Fsp3) is 0.588. The second-order valence-corrected chi connectivity index (χ2v) is 8.53. The predicted molar refractivity (Wildman–Crippen MR) is 92.8 cm³/mol. The number of aryl methyl sites for hydroxylation is 1. The minimum absolute atomic E-state index is 0.00142. The number of carbonyl (C=O) groups is 1. The number of carboxylic acid groups (broad SMARTS) is 1. The fourth-order valence-corrected chi connectivity index (χ4v) is 4.66. The molecule has 1 saturated heterocycles. The topological polar surface area (TPSA) is 77.9 Å². The van der Waals surface area contributed by atoms with Crippen molar-refractivity contribution in [2.75, 3.05) is 33.7 Å². The molecule has 0 aromatic heterocycles. The van der Waals surface area contributed by atoms with Crippen molar-refractivity contribution >= 4 is 16.0 Å². The van der Waals surface area contributed by atoms with Crippen LogP contribution in [0, 0.1) is 5.92 Å². The third-order valence-electron chi connectivity index (χ3n) is 4.74. The first-order chi connectivity index (χ1) is 11.3. The van der Waals surface area contributed by atoms with Crippen molar-refractivity contribution in [2.45, 2.75) is 31.1 Å². The maximum Gasteiger partial charge on any atom is 0.335 e. The number of sulfonamides is 1. The molecule has 0 atom stereocenters. The second-order valence-electron chi connectivity index (χ2n) is 6.51. The molecular weight excluding hydrogens is 328 g/mol. The van der Waals surface area contributed by atoms with Crippen molar-refractivity contribution in [3.8, 4) is 0 Å². The van der Waals surface area contributed by atoms with Crippen LogP contribution in [-0.2, 0) is 16.4 Å². The maximum absolute atomic E-state index is 12.9. The Bertz CT molecular complexity index is 695. The van der Waals surface area contributed by atoms with Gasteiger partial charge in [0.1, 0.15) is 0 Å². The van der Waals surface area contributed by atoms with Gasteiger partial charge >= 0.3 is 5.97 Å². The highest BCUT2D eigenvalue weighted by atomic mass is 32.2. The number of hydrogen-bond acceptors (Lipinski definition) is 4. The Morgan fingerprint density at radius 1 is 1.33 bits per heavy atom. The number of benzene rings is 1. The third kappa shape index (κ3) is 4.15. The molecule has 1 N–H and O–H groups in total. The Morgan fingerprint density at radius 2 is 1.96 bits per heavy atom. The number of rotatable bonds is 6. The fourth-order valence-electron chi connectivity index (χ4n) is 3.09. The summed E-state index contributed by atoms with van der Waals surface area (Å²) < 4.78 is 27.3. The van der Waals surface area contributed by atoms with Crippen LogP contribution in [-0.4, -0.2) is 62.4 Å². The molecule has 1 aliphatic rings. The van der Waals surface area contributed by atoms with Crippen LogP contribution >= 0.6 is 0 Å². The van der Waals surface area contributed by atoms with Gasteiger partial charge in [0.15, 0.2) is 0 Å². The lowest BCUT2D eigenvalue weighted by Gasteiger charge is -2.31. The quantitative estimate of drug-likeness (QED) is 0.844. The van der Waals surface area contributed by atoms with Crippen LogP contribution in [0.15, 0.2) is 23.1 Å². The number of nitrogens with zero attached hydrogens (tertiary/aromatic N) is 2. The van der Waals surface area contributed by atoms with Crippen molar-refractivity contribution in [3.05, 3.63) is 29.3 Å². The summed E-state index contributed by atoms with van der Waals surface area (Å²) in [5.74, 6) is -0.777. The van der Waals surface area contributed by atoms with Gasteiger partial charge in [-0.1, -0.05) is 13.0 Å². The molecule has 0 bridgehead atoms. The lowest BCUT2D eigenvalue weighted by atomic mass is 9.97. The first-order valence-corrected chi connectivity index (χ1v) is 9.70. The van der Waals surface area contributed by atoms with E-state index in [0.29, 0.717) is 24.4 Å². The third-order valence-corrected chi connectivity index (χ3v) is 6.64. The monoisotopic (exact) mass is 354 g/mol. The molecule has 2 rings (SSSR count). The molecule has 0 radical (unpaired) electrons. The van der Waals surface area contributed by atoms with Crippen LogP contribution in [0.1, 0.15) is 35.7 Å².